The first-order chi connectivity index (χ1) is 6.74. The fraction of sp³-hybridized carbons (Fsp3) is 0.455. The van der Waals surface area contributed by atoms with Gasteiger partial charge in [-0.05, 0) is 24.5 Å². The van der Waals surface area contributed by atoms with Gasteiger partial charge in [0.05, 0.1) is 6.61 Å². The number of ether oxygens (including phenoxy) is 1. The summed E-state index contributed by atoms with van der Waals surface area (Å²) >= 11 is 0. The number of nitriles is 1. The third kappa shape index (κ3) is 3.06. The number of pyridine rings is 1. The Labute approximate surface area is 84.3 Å². The number of nitrogens with zero attached hydrogens (tertiary/aromatic N) is 2. The van der Waals surface area contributed by atoms with Crippen LogP contribution >= 0.6 is 0 Å². The predicted octanol–water partition coefficient (Wildman–Crippen LogP) is 2.38. The van der Waals surface area contributed by atoms with Crippen LogP contribution in [0.1, 0.15) is 26.0 Å². The number of hydrogen-bond donors (Lipinski definition) is 0. The number of hydrogen-bond acceptors (Lipinski definition) is 3. The maximum absolute atomic E-state index is 8.73. The van der Waals surface area contributed by atoms with E-state index in [1.165, 1.54) is 0 Å². The van der Waals surface area contributed by atoms with Gasteiger partial charge < -0.3 is 4.74 Å². The first-order valence-electron chi connectivity index (χ1n) is 4.72. The van der Waals surface area contributed by atoms with E-state index in [9.17, 15) is 0 Å². The van der Waals surface area contributed by atoms with Gasteiger partial charge in [-0.25, -0.2) is 4.98 Å². The van der Waals surface area contributed by atoms with Crippen LogP contribution in [-0.2, 0) is 0 Å². The van der Waals surface area contributed by atoms with Gasteiger partial charge in [0.25, 0.3) is 0 Å². The van der Waals surface area contributed by atoms with Gasteiger partial charge in [-0.15, -0.1) is 0 Å². The van der Waals surface area contributed by atoms with Gasteiger partial charge >= 0.3 is 0 Å². The highest BCUT2D eigenvalue weighted by molar-refractivity contribution is 5.36. The lowest BCUT2D eigenvalue weighted by Gasteiger charge is -2.08. The molecule has 0 aliphatic heterocycles. The van der Waals surface area contributed by atoms with Crippen LogP contribution in [0.15, 0.2) is 18.3 Å². The fourth-order valence-corrected chi connectivity index (χ4v) is 0.996. The van der Waals surface area contributed by atoms with E-state index < -0.39 is 0 Å². The van der Waals surface area contributed by atoms with Gasteiger partial charge in [0, 0.05) is 6.20 Å². The minimum absolute atomic E-state index is 0.358. The molecule has 0 radical (unpaired) electrons. The van der Waals surface area contributed by atoms with Crippen molar-refractivity contribution < 1.29 is 4.74 Å². The lowest BCUT2D eigenvalue weighted by Crippen LogP contribution is -2.03. The zero-order valence-electron chi connectivity index (χ0n) is 8.53. The summed E-state index contributed by atoms with van der Waals surface area (Å²) in [5, 5.41) is 8.73. The quantitative estimate of drug-likeness (QED) is 0.732. The molecule has 0 aliphatic carbocycles. The SMILES string of the molecule is CC(C)CCOc1cccnc1C#N. The van der Waals surface area contributed by atoms with Crippen molar-refractivity contribution in [3.63, 3.8) is 0 Å². The second kappa shape index (κ2) is 5.23. The van der Waals surface area contributed by atoms with E-state index in [-0.39, 0.29) is 0 Å². The van der Waals surface area contributed by atoms with Gasteiger partial charge in [-0.2, -0.15) is 5.26 Å². The Morgan fingerprint density at radius 2 is 2.36 bits per heavy atom. The predicted molar refractivity (Wildman–Crippen MR) is 53.9 cm³/mol. The molecule has 0 N–H and O–H groups in total. The third-order valence-corrected chi connectivity index (χ3v) is 1.83. The van der Waals surface area contributed by atoms with Crippen molar-refractivity contribution in [2.24, 2.45) is 5.92 Å². The number of aromatic nitrogens is 1. The molecule has 0 saturated heterocycles. The van der Waals surface area contributed by atoms with Gasteiger partial charge in [-0.1, -0.05) is 13.8 Å². The van der Waals surface area contributed by atoms with Crippen molar-refractivity contribution in [3.8, 4) is 11.8 Å². The summed E-state index contributed by atoms with van der Waals surface area (Å²) in [5.41, 5.74) is 0.358. The first-order valence-corrected chi connectivity index (χ1v) is 4.72. The van der Waals surface area contributed by atoms with Crippen LogP contribution in [0.4, 0.5) is 0 Å². The monoisotopic (exact) mass is 190 g/mol. The Morgan fingerprint density at radius 3 is 3.00 bits per heavy atom. The summed E-state index contributed by atoms with van der Waals surface area (Å²) in [7, 11) is 0. The molecule has 1 aromatic rings. The van der Waals surface area contributed by atoms with Crippen molar-refractivity contribution in [2.45, 2.75) is 20.3 Å². The van der Waals surface area contributed by atoms with Crippen LogP contribution in [-0.4, -0.2) is 11.6 Å². The van der Waals surface area contributed by atoms with E-state index in [0.717, 1.165) is 6.42 Å². The van der Waals surface area contributed by atoms with Crippen molar-refractivity contribution in [3.05, 3.63) is 24.0 Å². The summed E-state index contributed by atoms with van der Waals surface area (Å²) < 4.78 is 5.45. The van der Waals surface area contributed by atoms with Crippen LogP contribution in [0.2, 0.25) is 0 Å². The average molecular weight is 190 g/mol. The molecular formula is C11H14N2O. The zero-order chi connectivity index (χ0) is 10.4. The molecular weight excluding hydrogens is 176 g/mol. The molecule has 0 aliphatic rings. The first kappa shape index (κ1) is 10.5. The van der Waals surface area contributed by atoms with Crippen molar-refractivity contribution in [2.75, 3.05) is 6.61 Å². The molecule has 0 saturated carbocycles. The molecule has 3 heteroatoms. The molecule has 0 atom stereocenters. The highest BCUT2D eigenvalue weighted by Gasteiger charge is 2.03. The molecule has 1 rings (SSSR count). The van der Waals surface area contributed by atoms with E-state index in [2.05, 4.69) is 18.8 Å². The zero-order valence-corrected chi connectivity index (χ0v) is 8.53. The maximum atomic E-state index is 8.73. The van der Waals surface area contributed by atoms with E-state index in [1.54, 1.807) is 18.3 Å². The van der Waals surface area contributed by atoms with Crippen molar-refractivity contribution >= 4 is 0 Å². The lowest BCUT2D eigenvalue weighted by atomic mass is 10.1. The summed E-state index contributed by atoms with van der Waals surface area (Å²) in [5.74, 6) is 1.19. The second-order valence-corrected chi connectivity index (χ2v) is 3.49. The van der Waals surface area contributed by atoms with Crippen LogP contribution in [0.3, 0.4) is 0 Å². The Balaban J connectivity index is 2.54. The fourth-order valence-electron chi connectivity index (χ4n) is 0.996. The van der Waals surface area contributed by atoms with E-state index >= 15 is 0 Å². The molecule has 0 spiro atoms. The Hall–Kier alpha value is -1.56. The summed E-state index contributed by atoms with van der Waals surface area (Å²) in [4.78, 5) is 3.91. The van der Waals surface area contributed by atoms with Crippen LogP contribution in [0.5, 0.6) is 5.75 Å². The average Bonchev–Trinajstić information content (AvgIpc) is 2.18. The summed E-state index contributed by atoms with van der Waals surface area (Å²) in [6.07, 6.45) is 2.58. The standard InChI is InChI=1S/C11H14N2O/c1-9(2)5-7-14-11-4-3-6-13-10(11)8-12/h3-4,6,9H,5,7H2,1-2H3. The molecule has 1 aromatic heterocycles. The van der Waals surface area contributed by atoms with E-state index in [0.29, 0.717) is 24.0 Å². The largest absolute Gasteiger partial charge is 0.491 e. The molecule has 0 bridgehead atoms. The maximum Gasteiger partial charge on any atom is 0.182 e. The molecule has 0 amide bonds. The van der Waals surface area contributed by atoms with Crippen LogP contribution in [0, 0.1) is 17.2 Å². The van der Waals surface area contributed by atoms with E-state index in [4.69, 9.17) is 10.00 Å². The van der Waals surface area contributed by atoms with Gasteiger partial charge in [0.1, 0.15) is 6.07 Å². The number of rotatable bonds is 4. The van der Waals surface area contributed by atoms with Crippen LogP contribution in [0.25, 0.3) is 0 Å². The second-order valence-electron chi connectivity index (χ2n) is 3.49. The molecule has 3 nitrogen and oxygen atoms in total. The molecule has 14 heavy (non-hydrogen) atoms. The molecule has 0 fully saturated rings. The Morgan fingerprint density at radius 1 is 1.57 bits per heavy atom. The Bertz CT molecular complexity index is 328. The Kier molecular flexibility index (Phi) is 3.93. The van der Waals surface area contributed by atoms with Gasteiger partial charge in [0.15, 0.2) is 11.4 Å². The summed E-state index contributed by atoms with van der Waals surface area (Å²) in [6.45, 7) is 4.91. The highest BCUT2D eigenvalue weighted by Crippen LogP contribution is 2.14. The normalized spacial score (nSPS) is 9.86. The minimum atomic E-state index is 0.358. The third-order valence-electron chi connectivity index (χ3n) is 1.83. The van der Waals surface area contributed by atoms with Crippen molar-refractivity contribution in [1.29, 1.82) is 5.26 Å². The molecule has 74 valence electrons. The molecule has 0 aromatic carbocycles. The molecule has 0 unspecified atom stereocenters. The van der Waals surface area contributed by atoms with Gasteiger partial charge in [-0.3, -0.25) is 0 Å². The van der Waals surface area contributed by atoms with Crippen molar-refractivity contribution in [1.82, 2.24) is 4.98 Å². The highest BCUT2D eigenvalue weighted by atomic mass is 16.5. The van der Waals surface area contributed by atoms with Gasteiger partial charge in [0.2, 0.25) is 0 Å². The topological polar surface area (TPSA) is 45.9 Å². The lowest BCUT2D eigenvalue weighted by molar-refractivity contribution is 0.287. The minimum Gasteiger partial charge on any atom is -0.491 e. The van der Waals surface area contributed by atoms with Crippen LogP contribution < -0.4 is 4.74 Å². The molecule has 1 heterocycles. The smallest absolute Gasteiger partial charge is 0.182 e. The summed E-state index contributed by atoms with van der Waals surface area (Å²) in [6, 6.07) is 5.54. The van der Waals surface area contributed by atoms with E-state index in [1.807, 2.05) is 6.07 Å².